The van der Waals surface area contributed by atoms with Gasteiger partial charge in [0.1, 0.15) is 10.6 Å². The molecular weight excluding hydrogens is 448 g/mol. The SMILES string of the molecule is CC1=NN(c2ccccc2)C(=O)/C1=C/c1cc(Cl)ccc1OS(=O)(=O)c1ccc(C)cc1. The van der Waals surface area contributed by atoms with E-state index in [1.54, 1.807) is 37.3 Å². The summed E-state index contributed by atoms with van der Waals surface area (Å²) in [6.45, 7) is 3.57. The van der Waals surface area contributed by atoms with Gasteiger partial charge >= 0.3 is 10.1 Å². The highest BCUT2D eigenvalue weighted by molar-refractivity contribution is 7.87. The lowest BCUT2D eigenvalue weighted by molar-refractivity contribution is -0.114. The van der Waals surface area contributed by atoms with Gasteiger partial charge in [-0.1, -0.05) is 47.5 Å². The van der Waals surface area contributed by atoms with Gasteiger partial charge in [-0.3, -0.25) is 4.79 Å². The van der Waals surface area contributed by atoms with Crippen molar-refractivity contribution in [3.63, 3.8) is 0 Å². The van der Waals surface area contributed by atoms with Gasteiger partial charge in [-0.25, -0.2) is 0 Å². The van der Waals surface area contributed by atoms with Crippen LogP contribution < -0.4 is 9.19 Å². The zero-order valence-electron chi connectivity index (χ0n) is 17.3. The van der Waals surface area contributed by atoms with Crippen molar-refractivity contribution in [2.24, 2.45) is 5.10 Å². The van der Waals surface area contributed by atoms with E-state index in [0.29, 0.717) is 27.6 Å². The quantitative estimate of drug-likeness (QED) is 0.381. The van der Waals surface area contributed by atoms with Gasteiger partial charge in [0.05, 0.1) is 17.0 Å². The second-order valence-corrected chi connectivity index (χ2v) is 9.21. The molecule has 0 bridgehead atoms. The summed E-state index contributed by atoms with van der Waals surface area (Å²) in [7, 11) is -4.08. The van der Waals surface area contributed by atoms with Gasteiger partial charge < -0.3 is 4.18 Å². The second kappa shape index (κ2) is 8.61. The Balaban J connectivity index is 1.70. The predicted octanol–water partition coefficient (Wildman–Crippen LogP) is 5.22. The summed E-state index contributed by atoms with van der Waals surface area (Å²) in [4.78, 5) is 13.0. The molecule has 0 unspecified atom stereocenters. The maximum atomic E-state index is 13.0. The number of para-hydroxylation sites is 1. The molecule has 6 nitrogen and oxygen atoms in total. The van der Waals surface area contributed by atoms with Crippen LogP contribution in [-0.2, 0) is 14.9 Å². The van der Waals surface area contributed by atoms with Gasteiger partial charge in [0, 0.05) is 10.6 Å². The molecule has 0 aliphatic carbocycles. The summed E-state index contributed by atoms with van der Waals surface area (Å²) in [5.41, 5.74) is 2.71. The van der Waals surface area contributed by atoms with Crippen molar-refractivity contribution >= 4 is 45.1 Å². The molecule has 0 saturated heterocycles. The van der Waals surface area contributed by atoms with Gasteiger partial charge in [0.25, 0.3) is 5.91 Å². The Labute approximate surface area is 191 Å². The number of hydrogen-bond acceptors (Lipinski definition) is 5. The Bertz CT molecular complexity index is 1350. The maximum absolute atomic E-state index is 13.0. The summed E-state index contributed by atoms with van der Waals surface area (Å²) >= 11 is 6.15. The van der Waals surface area contributed by atoms with Gasteiger partial charge in [0.2, 0.25) is 0 Å². The lowest BCUT2D eigenvalue weighted by Crippen LogP contribution is -2.21. The molecule has 0 atom stereocenters. The van der Waals surface area contributed by atoms with Gasteiger partial charge in [-0.15, -0.1) is 0 Å². The molecule has 0 fully saturated rings. The fourth-order valence-corrected chi connectivity index (χ4v) is 4.30. The summed E-state index contributed by atoms with van der Waals surface area (Å²) < 4.78 is 31.0. The lowest BCUT2D eigenvalue weighted by atomic mass is 10.1. The minimum absolute atomic E-state index is 0.0293. The number of aryl methyl sites for hydroxylation is 1. The smallest absolute Gasteiger partial charge is 0.339 e. The first-order chi connectivity index (χ1) is 15.2. The standard InChI is InChI=1S/C24H19ClN2O4S/c1-16-8-11-21(12-9-16)32(29,30)31-23-13-10-19(25)14-18(23)15-22-17(2)26-27(24(22)28)20-6-4-3-5-7-20/h3-15H,1-2H3/b22-15+. The molecule has 3 aromatic carbocycles. The Morgan fingerprint density at radius 2 is 1.66 bits per heavy atom. The van der Waals surface area contributed by atoms with Crippen molar-refractivity contribution in [1.82, 2.24) is 0 Å². The Hall–Kier alpha value is -3.42. The third-order valence-electron chi connectivity index (χ3n) is 4.84. The number of hydrazone groups is 1. The number of amides is 1. The molecule has 162 valence electrons. The summed E-state index contributed by atoms with van der Waals surface area (Å²) in [5, 5.41) is 6.01. The molecule has 3 aromatic rings. The third kappa shape index (κ3) is 4.44. The summed E-state index contributed by atoms with van der Waals surface area (Å²) in [6, 6.07) is 19.9. The molecule has 0 spiro atoms. The van der Waals surface area contributed by atoms with Gasteiger partial charge in [0.15, 0.2) is 0 Å². The molecule has 0 radical (unpaired) electrons. The van der Waals surface area contributed by atoms with E-state index in [-0.39, 0.29) is 16.6 Å². The minimum Gasteiger partial charge on any atom is -0.378 e. The van der Waals surface area contributed by atoms with Crippen LogP contribution in [0.3, 0.4) is 0 Å². The van der Waals surface area contributed by atoms with E-state index in [1.807, 2.05) is 25.1 Å². The number of halogens is 1. The topological polar surface area (TPSA) is 76.0 Å². The molecule has 8 heteroatoms. The molecular formula is C24H19ClN2O4S. The first-order valence-electron chi connectivity index (χ1n) is 9.72. The van der Waals surface area contributed by atoms with Crippen LogP contribution in [0.1, 0.15) is 18.1 Å². The molecule has 1 aliphatic rings. The highest BCUT2D eigenvalue weighted by atomic mass is 35.5. The van der Waals surface area contributed by atoms with E-state index in [2.05, 4.69) is 5.10 Å². The first-order valence-corrected chi connectivity index (χ1v) is 11.5. The van der Waals surface area contributed by atoms with Crippen LogP contribution in [0.5, 0.6) is 5.75 Å². The average Bonchev–Trinajstić information content (AvgIpc) is 3.05. The Kier molecular flexibility index (Phi) is 5.86. The van der Waals surface area contributed by atoms with Crippen molar-refractivity contribution in [2.75, 3.05) is 5.01 Å². The summed E-state index contributed by atoms with van der Waals surface area (Å²) in [5.74, 6) is -0.276. The fourth-order valence-electron chi connectivity index (χ4n) is 3.16. The molecule has 1 aliphatic heterocycles. The van der Waals surface area contributed by atoms with Crippen molar-refractivity contribution in [3.05, 3.63) is 94.5 Å². The number of hydrogen-bond donors (Lipinski definition) is 0. The second-order valence-electron chi connectivity index (χ2n) is 7.23. The molecule has 0 aromatic heterocycles. The van der Waals surface area contributed by atoms with Crippen LogP contribution in [0.25, 0.3) is 6.08 Å². The number of carbonyl (C=O) groups excluding carboxylic acids is 1. The van der Waals surface area contributed by atoms with E-state index in [0.717, 1.165) is 5.56 Å². The van der Waals surface area contributed by atoms with Crippen molar-refractivity contribution in [2.45, 2.75) is 18.7 Å². The maximum Gasteiger partial charge on any atom is 0.339 e. The Morgan fingerprint density at radius 3 is 2.34 bits per heavy atom. The van der Waals surface area contributed by atoms with Crippen molar-refractivity contribution in [3.8, 4) is 5.75 Å². The van der Waals surface area contributed by atoms with Crippen LogP contribution in [0.2, 0.25) is 5.02 Å². The molecule has 4 rings (SSSR count). The van der Waals surface area contributed by atoms with Crippen LogP contribution in [0.4, 0.5) is 5.69 Å². The van der Waals surface area contributed by atoms with E-state index >= 15 is 0 Å². The van der Waals surface area contributed by atoms with E-state index in [4.69, 9.17) is 15.8 Å². The average molecular weight is 467 g/mol. The van der Waals surface area contributed by atoms with E-state index in [1.165, 1.54) is 35.4 Å². The van der Waals surface area contributed by atoms with Crippen LogP contribution >= 0.6 is 11.6 Å². The third-order valence-corrected chi connectivity index (χ3v) is 6.33. The zero-order valence-corrected chi connectivity index (χ0v) is 18.9. The van der Waals surface area contributed by atoms with E-state index in [9.17, 15) is 13.2 Å². The first kappa shape index (κ1) is 21.8. The van der Waals surface area contributed by atoms with E-state index < -0.39 is 10.1 Å². The zero-order chi connectivity index (χ0) is 22.9. The fraction of sp³-hybridized carbons (Fsp3) is 0.0833. The number of rotatable bonds is 5. The van der Waals surface area contributed by atoms with Crippen molar-refractivity contribution < 1.29 is 17.4 Å². The summed E-state index contributed by atoms with van der Waals surface area (Å²) in [6.07, 6.45) is 1.54. The largest absolute Gasteiger partial charge is 0.378 e. The van der Waals surface area contributed by atoms with Crippen LogP contribution in [0.15, 0.2) is 88.4 Å². The molecule has 0 saturated carbocycles. The normalized spacial score (nSPS) is 15.2. The predicted molar refractivity (Wildman–Crippen MR) is 125 cm³/mol. The van der Waals surface area contributed by atoms with Gasteiger partial charge in [-0.05, 0) is 62.4 Å². The highest BCUT2D eigenvalue weighted by Gasteiger charge is 2.29. The highest BCUT2D eigenvalue weighted by Crippen LogP contribution is 2.31. The molecule has 0 N–H and O–H groups in total. The Morgan fingerprint density at radius 1 is 0.969 bits per heavy atom. The number of anilines is 1. The number of benzene rings is 3. The monoisotopic (exact) mass is 466 g/mol. The molecule has 1 amide bonds. The molecule has 32 heavy (non-hydrogen) atoms. The molecule has 1 heterocycles. The van der Waals surface area contributed by atoms with Crippen LogP contribution in [-0.4, -0.2) is 20.0 Å². The number of nitrogens with zero attached hydrogens (tertiary/aromatic N) is 2. The number of carbonyl (C=O) groups is 1. The minimum atomic E-state index is -4.08. The van der Waals surface area contributed by atoms with Crippen molar-refractivity contribution in [1.29, 1.82) is 0 Å². The lowest BCUT2D eigenvalue weighted by Gasteiger charge is -2.12. The van der Waals surface area contributed by atoms with Gasteiger partial charge in [-0.2, -0.15) is 18.5 Å². The van der Waals surface area contributed by atoms with Crippen LogP contribution in [0, 0.1) is 6.92 Å².